The lowest BCUT2D eigenvalue weighted by molar-refractivity contribution is -0.132. The molecule has 1 aliphatic heterocycles. The molecule has 13 heavy (non-hydrogen) atoms. The number of rotatable bonds is 2. The van der Waals surface area contributed by atoms with Crippen LogP contribution in [0.2, 0.25) is 0 Å². The second kappa shape index (κ2) is 3.60. The molecule has 1 aliphatic rings. The van der Waals surface area contributed by atoms with Crippen molar-refractivity contribution in [2.45, 2.75) is 32.6 Å². The molecular weight excluding hydrogens is 176 g/mol. The summed E-state index contributed by atoms with van der Waals surface area (Å²) in [5.41, 5.74) is 0. The number of carbonyl (C=O) groups is 1. The number of nitrogens with zero attached hydrogens (tertiary/aromatic N) is 1. The van der Waals surface area contributed by atoms with Gasteiger partial charge in [-0.05, 0) is 5.92 Å². The number of hydrogen-bond donors (Lipinski definition) is 0. The van der Waals surface area contributed by atoms with Crippen LogP contribution < -0.4 is 0 Å². The fourth-order valence-corrected chi connectivity index (χ4v) is 1.43. The number of carbonyl (C=O) groups excluding carboxylic acids is 1. The van der Waals surface area contributed by atoms with Crippen molar-refractivity contribution in [3.05, 3.63) is 0 Å². The van der Waals surface area contributed by atoms with E-state index < -0.39 is 12.5 Å². The van der Waals surface area contributed by atoms with E-state index in [0.29, 0.717) is 6.42 Å². The highest BCUT2D eigenvalue weighted by Crippen LogP contribution is 2.27. The van der Waals surface area contributed by atoms with Crippen LogP contribution in [0.25, 0.3) is 0 Å². The number of halogens is 2. The van der Waals surface area contributed by atoms with Crippen molar-refractivity contribution in [1.82, 2.24) is 4.90 Å². The predicted molar refractivity (Wildman–Crippen MR) is 45.6 cm³/mol. The van der Waals surface area contributed by atoms with Crippen LogP contribution in [0.3, 0.4) is 0 Å². The lowest BCUT2D eigenvalue weighted by Crippen LogP contribution is -2.31. The van der Waals surface area contributed by atoms with Gasteiger partial charge in [0, 0.05) is 19.4 Å². The zero-order valence-electron chi connectivity index (χ0n) is 8.02. The first-order chi connectivity index (χ1) is 5.91. The average Bonchev–Trinajstić information content (AvgIpc) is 2.28. The zero-order valence-corrected chi connectivity index (χ0v) is 8.02. The lowest BCUT2D eigenvalue weighted by atomic mass is 10.1. The Morgan fingerprint density at radius 2 is 2.15 bits per heavy atom. The predicted octanol–water partition coefficient (Wildman–Crippen LogP) is 1.90. The van der Waals surface area contributed by atoms with E-state index in [1.54, 1.807) is 0 Å². The number of likely N-dealkylation sites (tertiary alicyclic amines) is 1. The van der Waals surface area contributed by atoms with E-state index in [0.717, 1.165) is 0 Å². The SMILES string of the molecule is CC(C)CC(=O)N1CCC(F)(F)C1. The molecule has 1 saturated heterocycles. The van der Waals surface area contributed by atoms with Gasteiger partial charge in [0.25, 0.3) is 5.92 Å². The Balaban J connectivity index is 2.42. The minimum atomic E-state index is -2.66. The lowest BCUT2D eigenvalue weighted by Gasteiger charge is -2.16. The van der Waals surface area contributed by atoms with Gasteiger partial charge in [-0.3, -0.25) is 4.79 Å². The molecule has 1 rings (SSSR count). The summed E-state index contributed by atoms with van der Waals surface area (Å²) in [5, 5.41) is 0. The van der Waals surface area contributed by atoms with Crippen molar-refractivity contribution < 1.29 is 13.6 Å². The molecule has 0 aromatic carbocycles. The maximum absolute atomic E-state index is 12.7. The van der Waals surface area contributed by atoms with Crippen LogP contribution in [0.15, 0.2) is 0 Å². The molecule has 4 heteroatoms. The summed E-state index contributed by atoms with van der Waals surface area (Å²) in [5.74, 6) is -2.57. The van der Waals surface area contributed by atoms with Gasteiger partial charge in [-0.1, -0.05) is 13.8 Å². The van der Waals surface area contributed by atoms with Gasteiger partial charge < -0.3 is 4.90 Å². The van der Waals surface area contributed by atoms with E-state index in [4.69, 9.17) is 0 Å². The molecule has 0 radical (unpaired) electrons. The first-order valence-corrected chi connectivity index (χ1v) is 4.56. The molecule has 76 valence electrons. The van der Waals surface area contributed by atoms with Crippen LogP contribution in [-0.4, -0.2) is 29.8 Å². The molecule has 0 atom stereocenters. The Labute approximate surface area is 76.9 Å². The van der Waals surface area contributed by atoms with Gasteiger partial charge >= 0.3 is 0 Å². The summed E-state index contributed by atoms with van der Waals surface area (Å²) in [6.45, 7) is 3.63. The smallest absolute Gasteiger partial charge is 0.267 e. The third-order valence-corrected chi connectivity index (χ3v) is 2.11. The maximum Gasteiger partial charge on any atom is 0.267 e. The minimum Gasteiger partial charge on any atom is -0.336 e. The van der Waals surface area contributed by atoms with Crippen LogP contribution >= 0.6 is 0 Å². The molecule has 0 aromatic heterocycles. The molecule has 1 heterocycles. The first kappa shape index (κ1) is 10.4. The summed E-state index contributed by atoms with van der Waals surface area (Å²) in [6, 6.07) is 0. The van der Waals surface area contributed by atoms with Crippen molar-refractivity contribution >= 4 is 5.91 Å². The minimum absolute atomic E-state index is 0.146. The maximum atomic E-state index is 12.7. The molecule has 0 aromatic rings. The molecule has 0 unspecified atom stereocenters. The van der Waals surface area contributed by atoms with Crippen molar-refractivity contribution in [1.29, 1.82) is 0 Å². The van der Waals surface area contributed by atoms with Gasteiger partial charge in [-0.2, -0.15) is 0 Å². The number of hydrogen-bond acceptors (Lipinski definition) is 1. The molecule has 2 nitrogen and oxygen atoms in total. The molecule has 0 spiro atoms. The highest BCUT2D eigenvalue weighted by Gasteiger charge is 2.39. The van der Waals surface area contributed by atoms with E-state index in [1.165, 1.54) is 4.90 Å². The van der Waals surface area contributed by atoms with Crippen LogP contribution in [0.4, 0.5) is 8.78 Å². The molecule has 0 N–H and O–H groups in total. The third kappa shape index (κ3) is 2.94. The summed E-state index contributed by atoms with van der Waals surface area (Å²) in [4.78, 5) is 12.6. The van der Waals surface area contributed by atoms with Gasteiger partial charge in [0.05, 0.1) is 6.54 Å². The van der Waals surface area contributed by atoms with Crippen molar-refractivity contribution in [3.63, 3.8) is 0 Å². The normalized spacial score (nSPS) is 21.2. The highest BCUT2D eigenvalue weighted by atomic mass is 19.3. The summed E-state index contributed by atoms with van der Waals surface area (Å²) < 4.78 is 25.4. The summed E-state index contributed by atoms with van der Waals surface area (Å²) >= 11 is 0. The van der Waals surface area contributed by atoms with Gasteiger partial charge in [0.15, 0.2) is 0 Å². The molecule has 1 amide bonds. The molecule has 0 saturated carbocycles. The highest BCUT2D eigenvalue weighted by molar-refractivity contribution is 5.76. The van der Waals surface area contributed by atoms with E-state index in [2.05, 4.69) is 0 Å². The van der Waals surface area contributed by atoms with Crippen molar-refractivity contribution in [2.24, 2.45) is 5.92 Å². The Morgan fingerprint density at radius 3 is 2.54 bits per heavy atom. The van der Waals surface area contributed by atoms with Crippen LogP contribution in [0.5, 0.6) is 0 Å². The monoisotopic (exact) mass is 191 g/mol. The van der Waals surface area contributed by atoms with Gasteiger partial charge in [-0.25, -0.2) is 8.78 Å². The van der Waals surface area contributed by atoms with Crippen LogP contribution in [0.1, 0.15) is 26.7 Å². The van der Waals surface area contributed by atoms with E-state index in [-0.39, 0.29) is 24.8 Å². The first-order valence-electron chi connectivity index (χ1n) is 4.56. The standard InChI is InChI=1S/C9H15F2NO/c1-7(2)5-8(13)12-4-3-9(10,11)6-12/h7H,3-6H2,1-2H3. The van der Waals surface area contributed by atoms with E-state index in [9.17, 15) is 13.6 Å². The fraction of sp³-hybridized carbons (Fsp3) is 0.889. The van der Waals surface area contributed by atoms with Crippen molar-refractivity contribution in [2.75, 3.05) is 13.1 Å². The molecule has 0 bridgehead atoms. The Morgan fingerprint density at radius 1 is 1.54 bits per heavy atom. The van der Waals surface area contributed by atoms with Crippen molar-refractivity contribution in [3.8, 4) is 0 Å². The molecule has 1 fully saturated rings. The second-order valence-electron chi connectivity index (χ2n) is 4.02. The fourth-order valence-electron chi connectivity index (χ4n) is 1.43. The van der Waals surface area contributed by atoms with Gasteiger partial charge in [-0.15, -0.1) is 0 Å². The third-order valence-electron chi connectivity index (χ3n) is 2.11. The average molecular weight is 191 g/mol. The second-order valence-corrected chi connectivity index (χ2v) is 4.02. The number of alkyl halides is 2. The summed E-state index contributed by atoms with van der Waals surface area (Å²) in [7, 11) is 0. The number of amides is 1. The summed E-state index contributed by atoms with van der Waals surface area (Å²) in [6.07, 6.45) is 0.187. The Bertz CT molecular complexity index is 204. The topological polar surface area (TPSA) is 20.3 Å². The van der Waals surface area contributed by atoms with E-state index >= 15 is 0 Å². The van der Waals surface area contributed by atoms with Crippen LogP contribution in [0, 0.1) is 5.92 Å². The zero-order chi connectivity index (χ0) is 10.1. The Kier molecular flexibility index (Phi) is 2.88. The quantitative estimate of drug-likeness (QED) is 0.652. The molecular formula is C9H15F2NO. The van der Waals surface area contributed by atoms with Gasteiger partial charge in [0.1, 0.15) is 0 Å². The van der Waals surface area contributed by atoms with Crippen LogP contribution in [-0.2, 0) is 4.79 Å². The van der Waals surface area contributed by atoms with Gasteiger partial charge in [0.2, 0.25) is 5.91 Å². The molecule has 0 aliphatic carbocycles. The van der Waals surface area contributed by atoms with E-state index in [1.807, 2.05) is 13.8 Å². The largest absolute Gasteiger partial charge is 0.336 e. The Hall–Kier alpha value is -0.670.